The van der Waals surface area contributed by atoms with Gasteiger partial charge in [-0.2, -0.15) is 0 Å². The summed E-state index contributed by atoms with van der Waals surface area (Å²) in [5, 5.41) is 5.58. The molecule has 96 valence electrons. The molecule has 5 heteroatoms. The average Bonchev–Trinajstić information content (AvgIpc) is 2.77. The van der Waals surface area contributed by atoms with Crippen LogP contribution in [0, 0.1) is 0 Å². The molecule has 0 saturated carbocycles. The van der Waals surface area contributed by atoms with Crippen molar-refractivity contribution in [1.82, 2.24) is 10.3 Å². The number of hydrogen-bond donors (Lipinski definition) is 1. The van der Waals surface area contributed by atoms with Gasteiger partial charge in [0.05, 0.1) is 0 Å². The average molecular weight is 301 g/mol. The first kappa shape index (κ1) is 13.8. The first-order chi connectivity index (χ1) is 8.69. The van der Waals surface area contributed by atoms with Crippen molar-refractivity contribution < 1.29 is 0 Å². The molecule has 2 nitrogen and oxygen atoms in total. The summed E-state index contributed by atoms with van der Waals surface area (Å²) in [4.78, 5) is 5.63. The quantitative estimate of drug-likeness (QED) is 0.815. The van der Waals surface area contributed by atoms with Gasteiger partial charge in [-0.05, 0) is 31.2 Å². The van der Waals surface area contributed by atoms with E-state index in [9.17, 15) is 0 Å². The lowest BCUT2D eigenvalue weighted by Crippen LogP contribution is -2.12. The number of hydrogen-bond acceptors (Lipinski definition) is 3. The van der Waals surface area contributed by atoms with Gasteiger partial charge in [0.1, 0.15) is 5.01 Å². The molecule has 0 saturated heterocycles. The Bertz CT molecular complexity index is 505. The molecule has 0 atom stereocenters. The maximum Gasteiger partial charge on any atom is 0.123 e. The molecule has 1 heterocycles. The Hall–Kier alpha value is -0.610. The topological polar surface area (TPSA) is 24.9 Å². The summed E-state index contributed by atoms with van der Waals surface area (Å²) in [5.41, 5.74) is 0.972. The zero-order chi connectivity index (χ0) is 13.0. The van der Waals surface area contributed by atoms with Crippen LogP contribution >= 0.6 is 34.5 Å². The molecule has 0 spiro atoms. The molecule has 2 rings (SSSR count). The smallest absolute Gasteiger partial charge is 0.123 e. The van der Waals surface area contributed by atoms with Gasteiger partial charge in [0.25, 0.3) is 0 Å². The van der Waals surface area contributed by atoms with E-state index in [1.807, 2.05) is 18.3 Å². The summed E-state index contributed by atoms with van der Waals surface area (Å²) in [5.74, 6) is 0. The molecule has 1 aromatic carbocycles. The third kappa shape index (κ3) is 3.69. The summed E-state index contributed by atoms with van der Waals surface area (Å²) >= 11 is 13.6. The molecule has 18 heavy (non-hydrogen) atoms. The van der Waals surface area contributed by atoms with Crippen LogP contribution in [-0.2, 0) is 6.54 Å². The lowest BCUT2D eigenvalue weighted by molar-refractivity contribution is 0.681. The SMILES string of the molecule is CCCNCc1cnc(-c2cc(Cl)cc(Cl)c2)s1. The minimum Gasteiger partial charge on any atom is -0.312 e. The van der Waals surface area contributed by atoms with E-state index in [0.29, 0.717) is 10.0 Å². The highest BCUT2D eigenvalue weighted by Crippen LogP contribution is 2.30. The number of nitrogens with one attached hydrogen (secondary N) is 1. The van der Waals surface area contributed by atoms with Crippen molar-refractivity contribution in [1.29, 1.82) is 0 Å². The third-order valence-electron chi connectivity index (χ3n) is 2.39. The Labute approximate surface area is 121 Å². The standard InChI is InChI=1S/C13H14Cl2N2S/c1-2-3-16-7-12-8-17-13(18-12)9-4-10(14)6-11(15)5-9/h4-6,8,16H,2-3,7H2,1H3. The number of nitrogens with zero attached hydrogens (tertiary/aromatic N) is 1. The number of benzene rings is 1. The first-order valence-corrected chi connectivity index (χ1v) is 7.38. The van der Waals surface area contributed by atoms with Crippen LogP contribution < -0.4 is 5.32 Å². The highest BCUT2D eigenvalue weighted by Gasteiger charge is 2.06. The van der Waals surface area contributed by atoms with Crippen molar-refractivity contribution >= 4 is 34.5 Å². The second-order valence-electron chi connectivity index (χ2n) is 3.97. The van der Waals surface area contributed by atoms with Gasteiger partial charge in [-0.1, -0.05) is 30.1 Å². The summed E-state index contributed by atoms with van der Waals surface area (Å²) < 4.78 is 0. The van der Waals surface area contributed by atoms with Crippen LogP contribution in [0.4, 0.5) is 0 Å². The van der Waals surface area contributed by atoms with E-state index >= 15 is 0 Å². The normalized spacial score (nSPS) is 10.8. The molecule has 1 aromatic heterocycles. The van der Waals surface area contributed by atoms with Crippen molar-refractivity contribution in [3.05, 3.63) is 39.3 Å². The van der Waals surface area contributed by atoms with Crippen molar-refractivity contribution in [3.63, 3.8) is 0 Å². The molecule has 1 N–H and O–H groups in total. The summed E-state index contributed by atoms with van der Waals surface area (Å²) in [6.45, 7) is 4.04. The second-order valence-corrected chi connectivity index (χ2v) is 5.95. The van der Waals surface area contributed by atoms with E-state index in [1.165, 1.54) is 4.88 Å². The molecule has 0 amide bonds. The summed E-state index contributed by atoms with van der Waals surface area (Å²) in [7, 11) is 0. The Morgan fingerprint density at radius 1 is 1.22 bits per heavy atom. The molecular weight excluding hydrogens is 287 g/mol. The highest BCUT2D eigenvalue weighted by molar-refractivity contribution is 7.15. The number of rotatable bonds is 5. The Morgan fingerprint density at radius 3 is 2.61 bits per heavy atom. The Morgan fingerprint density at radius 2 is 1.94 bits per heavy atom. The van der Waals surface area contributed by atoms with Gasteiger partial charge in [-0.3, -0.25) is 0 Å². The molecular formula is C13H14Cl2N2S. The number of aromatic nitrogens is 1. The van der Waals surface area contributed by atoms with Crippen LogP contribution in [0.25, 0.3) is 10.6 Å². The fourth-order valence-electron chi connectivity index (χ4n) is 1.59. The number of thiazole rings is 1. The van der Waals surface area contributed by atoms with Gasteiger partial charge in [-0.15, -0.1) is 11.3 Å². The summed E-state index contributed by atoms with van der Waals surface area (Å²) in [6.07, 6.45) is 3.03. The van der Waals surface area contributed by atoms with E-state index in [0.717, 1.165) is 30.1 Å². The maximum atomic E-state index is 5.99. The van der Waals surface area contributed by atoms with Crippen molar-refractivity contribution in [2.45, 2.75) is 19.9 Å². The van der Waals surface area contributed by atoms with Gasteiger partial charge in [0.15, 0.2) is 0 Å². The maximum absolute atomic E-state index is 5.99. The van der Waals surface area contributed by atoms with Crippen LogP contribution in [0.2, 0.25) is 10.0 Å². The Kier molecular flexibility index (Phi) is 5.01. The molecule has 0 aliphatic rings. The van der Waals surface area contributed by atoms with Crippen LogP contribution in [0.5, 0.6) is 0 Å². The molecule has 0 aliphatic carbocycles. The van der Waals surface area contributed by atoms with Gasteiger partial charge < -0.3 is 5.32 Å². The minimum atomic E-state index is 0.637. The molecule has 0 aliphatic heterocycles. The van der Waals surface area contributed by atoms with Crippen molar-refractivity contribution in [3.8, 4) is 10.6 Å². The van der Waals surface area contributed by atoms with Crippen LogP contribution in [-0.4, -0.2) is 11.5 Å². The van der Waals surface area contributed by atoms with Gasteiger partial charge in [0, 0.05) is 33.2 Å². The molecule has 0 fully saturated rings. The lowest BCUT2D eigenvalue weighted by Gasteiger charge is -1.99. The van der Waals surface area contributed by atoms with E-state index in [1.54, 1.807) is 17.4 Å². The fraction of sp³-hybridized carbons (Fsp3) is 0.308. The highest BCUT2D eigenvalue weighted by atomic mass is 35.5. The van der Waals surface area contributed by atoms with E-state index in [-0.39, 0.29) is 0 Å². The predicted molar refractivity (Wildman–Crippen MR) is 79.6 cm³/mol. The van der Waals surface area contributed by atoms with Crippen molar-refractivity contribution in [2.24, 2.45) is 0 Å². The monoisotopic (exact) mass is 300 g/mol. The van der Waals surface area contributed by atoms with Crippen LogP contribution in [0.15, 0.2) is 24.4 Å². The van der Waals surface area contributed by atoms with E-state index < -0.39 is 0 Å². The zero-order valence-electron chi connectivity index (χ0n) is 10.0. The second kappa shape index (κ2) is 6.53. The molecule has 0 radical (unpaired) electrons. The lowest BCUT2D eigenvalue weighted by atomic mass is 10.2. The summed E-state index contributed by atoms with van der Waals surface area (Å²) in [6, 6.07) is 5.50. The van der Waals surface area contributed by atoms with E-state index in [2.05, 4.69) is 17.2 Å². The van der Waals surface area contributed by atoms with Crippen LogP contribution in [0.1, 0.15) is 18.2 Å². The Balaban J connectivity index is 2.13. The van der Waals surface area contributed by atoms with Gasteiger partial charge in [-0.25, -0.2) is 4.98 Å². The number of halogens is 2. The first-order valence-electron chi connectivity index (χ1n) is 5.81. The van der Waals surface area contributed by atoms with Crippen molar-refractivity contribution in [2.75, 3.05) is 6.54 Å². The van der Waals surface area contributed by atoms with E-state index in [4.69, 9.17) is 23.2 Å². The minimum absolute atomic E-state index is 0.637. The van der Waals surface area contributed by atoms with Gasteiger partial charge >= 0.3 is 0 Å². The van der Waals surface area contributed by atoms with Gasteiger partial charge in [0.2, 0.25) is 0 Å². The zero-order valence-corrected chi connectivity index (χ0v) is 12.4. The molecule has 0 bridgehead atoms. The third-order valence-corrected chi connectivity index (χ3v) is 3.87. The largest absolute Gasteiger partial charge is 0.312 e. The van der Waals surface area contributed by atoms with Crippen LogP contribution in [0.3, 0.4) is 0 Å². The predicted octanol–water partition coefficient (Wildman–Crippen LogP) is 4.62. The molecule has 2 aromatic rings. The molecule has 0 unspecified atom stereocenters. The fourth-order valence-corrected chi connectivity index (χ4v) is 2.98.